The third-order valence-electron chi connectivity index (χ3n) is 3.67. The van der Waals surface area contributed by atoms with E-state index in [0.717, 1.165) is 18.4 Å². The number of benzene rings is 1. The Morgan fingerprint density at radius 3 is 2.95 bits per heavy atom. The lowest BCUT2D eigenvalue weighted by Crippen LogP contribution is -2.39. The van der Waals surface area contributed by atoms with E-state index in [0.29, 0.717) is 29.8 Å². The van der Waals surface area contributed by atoms with Crippen LogP contribution in [-0.2, 0) is 0 Å². The van der Waals surface area contributed by atoms with Gasteiger partial charge in [-0.15, -0.1) is 0 Å². The molecule has 0 saturated carbocycles. The molecule has 116 valence electrons. The summed E-state index contributed by atoms with van der Waals surface area (Å²) in [6.45, 7) is 3.20. The Kier molecular flexibility index (Phi) is 4.29. The van der Waals surface area contributed by atoms with Gasteiger partial charge in [-0.2, -0.15) is 4.98 Å². The van der Waals surface area contributed by atoms with Crippen molar-refractivity contribution in [2.75, 3.05) is 13.1 Å². The fourth-order valence-corrected chi connectivity index (χ4v) is 2.73. The highest BCUT2D eigenvalue weighted by molar-refractivity contribution is 6.30. The number of amides is 2. The topological polar surface area (TPSA) is 71.3 Å². The van der Waals surface area contributed by atoms with Crippen molar-refractivity contribution >= 4 is 17.6 Å². The molecule has 2 aromatic rings. The van der Waals surface area contributed by atoms with Crippen LogP contribution in [0.5, 0.6) is 0 Å². The first-order chi connectivity index (χ1) is 10.7. The number of nitrogens with one attached hydrogen (secondary N) is 1. The van der Waals surface area contributed by atoms with Gasteiger partial charge in [-0.05, 0) is 44.0 Å². The Balaban J connectivity index is 1.80. The Hall–Kier alpha value is -2.08. The molecule has 2 heterocycles. The zero-order valence-corrected chi connectivity index (χ0v) is 13.0. The fraction of sp³-hybridized carbons (Fsp3) is 0.400. The van der Waals surface area contributed by atoms with Crippen LogP contribution in [0.2, 0.25) is 5.02 Å². The van der Waals surface area contributed by atoms with Crippen LogP contribution in [-0.4, -0.2) is 34.2 Å². The van der Waals surface area contributed by atoms with Crippen molar-refractivity contribution < 1.29 is 9.32 Å². The zero-order chi connectivity index (χ0) is 15.5. The molecule has 1 aromatic heterocycles. The number of aromatic nitrogens is 2. The number of halogens is 1. The van der Waals surface area contributed by atoms with Crippen molar-refractivity contribution in [3.05, 3.63) is 35.2 Å². The number of urea groups is 1. The normalized spacial score (nSPS) is 17.7. The fourth-order valence-electron chi connectivity index (χ4n) is 2.61. The maximum Gasteiger partial charge on any atom is 0.318 e. The minimum atomic E-state index is -0.153. The molecule has 3 rings (SSSR count). The molecule has 2 amide bonds. The largest absolute Gasteiger partial charge is 0.338 e. The number of nitrogens with zero attached hydrogens (tertiary/aromatic N) is 3. The first kappa shape index (κ1) is 14.8. The monoisotopic (exact) mass is 320 g/mol. The van der Waals surface area contributed by atoms with Crippen LogP contribution in [0.15, 0.2) is 28.8 Å². The third kappa shape index (κ3) is 2.92. The van der Waals surface area contributed by atoms with Gasteiger partial charge in [-0.1, -0.05) is 16.8 Å². The molecular formula is C15H17ClN4O2. The SMILES string of the molecule is CCNC(=O)N1CCC[C@H]1c1nc(-c2ccc(Cl)cc2)no1. The summed E-state index contributed by atoms with van der Waals surface area (Å²) in [4.78, 5) is 18.2. The Bertz CT molecular complexity index is 656. The summed E-state index contributed by atoms with van der Waals surface area (Å²) in [6.07, 6.45) is 1.76. The highest BCUT2D eigenvalue weighted by Gasteiger charge is 2.33. The van der Waals surface area contributed by atoms with E-state index in [1.54, 1.807) is 17.0 Å². The predicted molar refractivity (Wildman–Crippen MR) is 82.5 cm³/mol. The second-order valence-electron chi connectivity index (χ2n) is 5.15. The van der Waals surface area contributed by atoms with Crippen molar-refractivity contribution in [2.24, 2.45) is 0 Å². The highest BCUT2D eigenvalue weighted by atomic mass is 35.5. The molecule has 1 atom stereocenters. The summed E-state index contributed by atoms with van der Waals surface area (Å²) in [5.74, 6) is 0.989. The van der Waals surface area contributed by atoms with Gasteiger partial charge in [0, 0.05) is 23.7 Å². The van der Waals surface area contributed by atoms with Gasteiger partial charge in [0.05, 0.1) is 0 Å². The molecule has 22 heavy (non-hydrogen) atoms. The van der Waals surface area contributed by atoms with Crippen molar-refractivity contribution in [2.45, 2.75) is 25.8 Å². The standard InChI is InChI=1S/C15H17ClN4O2/c1-2-17-15(21)20-9-3-4-12(20)14-18-13(19-22-14)10-5-7-11(16)8-6-10/h5-8,12H,2-4,9H2,1H3,(H,17,21)/t12-/m0/s1. The third-order valence-corrected chi connectivity index (χ3v) is 3.92. The first-order valence-electron chi connectivity index (χ1n) is 7.33. The number of likely N-dealkylation sites (tertiary alicyclic amines) is 1. The van der Waals surface area contributed by atoms with E-state index < -0.39 is 0 Å². The number of carbonyl (C=O) groups excluding carboxylic acids is 1. The van der Waals surface area contributed by atoms with Crippen LogP contribution in [0.1, 0.15) is 31.7 Å². The van der Waals surface area contributed by atoms with Crippen LogP contribution >= 0.6 is 11.6 Å². The van der Waals surface area contributed by atoms with Gasteiger partial charge in [0.1, 0.15) is 6.04 Å². The van der Waals surface area contributed by atoms with Crippen molar-refractivity contribution in [1.82, 2.24) is 20.4 Å². The molecule has 1 aliphatic heterocycles. The van der Waals surface area contributed by atoms with Crippen molar-refractivity contribution in [1.29, 1.82) is 0 Å². The summed E-state index contributed by atoms with van der Waals surface area (Å²) >= 11 is 5.88. The lowest BCUT2D eigenvalue weighted by molar-refractivity contribution is 0.181. The lowest BCUT2D eigenvalue weighted by Gasteiger charge is -2.21. The van der Waals surface area contributed by atoms with E-state index in [4.69, 9.17) is 16.1 Å². The van der Waals surface area contributed by atoms with Gasteiger partial charge >= 0.3 is 6.03 Å². The van der Waals surface area contributed by atoms with Crippen molar-refractivity contribution in [3.8, 4) is 11.4 Å². The average Bonchev–Trinajstić information content (AvgIpc) is 3.17. The summed E-state index contributed by atoms with van der Waals surface area (Å²) in [5, 5.41) is 7.49. The molecule has 0 bridgehead atoms. The lowest BCUT2D eigenvalue weighted by atomic mass is 10.2. The zero-order valence-electron chi connectivity index (χ0n) is 12.3. The van der Waals surface area contributed by atoms with Crippen LogP contribution in [0.3, 0.4) is 0 Å². The van der Waals surface area contributed by atoms with E-state index in [2.05, 4.69) is 15.5 Å². The summed E-state index contributed by atoms with van der Waals surface area (Å²) in [5.41, 5.74) is 0.835. The van der Waals surface area contributed by atoms with Crippen LogP contribution in [0.25, 0.3) is 11.4 Å². The van der Waals surface area contributed by atoms with Crippen LogP contribution in [0.4, 0.5) is 4.79 Å². The molecule has 0 aliphatic carbocycles. The molecule has 1 saturated heterocycles. The van der Waals surface area contributed by atoms with E-state index in [1.165, 1.54) is 0 Å². The molecule has 7 heteroatoms. The Morgan fingerprint density at radius 1 is 1.45 bits per heavy atom. The number of carbonyl (C=O) groups is 1. The van der Waals surface area contributed by atoms with E-state index in [-0.39, 0.29) is 12.1 Å². The van der Waals surface area contributed by atoms with E-state index in [1.807, 2.05) is 19.1 Å². The molecule has 1 aromatic carbocycles. The van der Waals surface area contributed by atoms with Gasteiger partial charge in [0.15, 0.2) is 0 Å². The molecule has 6 nitrogen and oxygen atoms in total. The van der Waals surface area contributed by atoms with E-state index >= 15 is 0 Å². The van der Waals surface area contributed by atoms with Crippen molar-refractivity contribution in [3.63, 3.8) is 0 Å². The Morgan fingerprint density at radius 2 is 2.23 bits per heavy atom. The second-order valence-corrected chi connectivity index (χ2v) is 5.59. The Labute approximate surface area is 133 Å². The summed E-state index contributed by atoms with van der Waals surface area (Å²) in [7, 11) is 0. The van der Waals surface area contributed by atoms with Gasteiger partial charge < -0.3 is 14.7 Å². The maximum atomic E-state index is 12.1. The summed E-state index contributed by atoms with van der Waals surface area (Å²) < 4.78 is 5.38. The molecule has 1 N–H and O–H groups in total. The number of rotatable bonds is 3. The van der Waals surface area contributed by atoms with E-state index in [9.17, 15) is 4.79 Å². The first-order valence-corrected chi connectivity index (χ1v) is 7.71. The number of hydrogen-bond acceptors (Lipinski definition) is 4. The highest BCUT2D eigenvalue weighted by Crippen LogP contribution is 2.32. The maximum absolute atomic E-state index is 12.1. The van der Waals surface area contributed by atoms with Gasteiger partial charge in [-0.25, -0.2) is 4.79 Å². The molecule has 0 radical (unpaired) electrons. The summed E-state index contributed by atoms with van der Waals surface area (Å²) in [6, 6.07) is 7.00. The predicted octanol–water partition coefficient (Wildman–Crippen LogP) is 3.26. The second kappa shape index (κ2) is 6.36. The van der Waals surface area contributed by atoms with Gasteiger partial charge in [0.25, 0.3) is 0 Å². The average molecular weight is 321 g/mol. The minimum absolute atomic E-state index is 0.0868. The molecule has 1 fully saturated rings. The van der Waals surface area contributed by atoms with Gasteiger partial charge in [-0.3, -0.25) is 0 Å². The quantitative estimate of drug-likeness (QED) is 0.942. The van der Waals surface area contributed by atoms with Crippen LogP contribution in [0, 0.1) is 0 Å². The molecule has 0 spiro atoms. The smallest absolute Gasteiger partial charge is 0.318 e. The molecular weight excluding hydrogens is 304 g/mol. The van der Waals surface area contributed by atoms with Crippen LogP contribution < -0.4 is 5.32 Å². The minimum Gasteiger partial charge on any atom is -0.338 e. The van der Waals surface area contributed by atoms with Gasteiger partial charge in [0.2, 0.25) is 11.7 Å². The number of hydrogen-bond donors (Lipinski definition) is 1. The molecule has 0 unspecified atom stereocenters. The molecule has 1 aliphatic rings.